The Morgan fingerprint density at radius 1 is 1.18 bits per heavy atom. The summed E-state index contributed by atoms with van der Waals surface area (Å²) in [7, 11) is 0. The van der Waals surface area contributed by atoms with Crippen LogP contribution in [0.25, 0.3) is 10.9 Å². The highest BCUT2D eigenvalue weighted by Gasteiger charge is 2.12. The number of anilines is 1. The van der Waals surface area contributed by atoms with E-state index < -0.39 is 0 Å². The van der Waals surface area contributed by atoms with E-state index >= 15 is 0 Å². The summed E-state index contributed by atoms with van der Waals surface area (Å²) >= 11 is 0. The molecule has 0 bridgehead atoms. The lowest BCUT2D eigenvalue weighted by molar-refractivity contribution is 0.748. The van der Waals surface area contributed by atoms with Crippen molar-refractivity contribution in [3.05, 3.63) is 54.1 Å². The van der Waals surface area contributed by atoms with Gasteiger partial charge in [0.25, 0.3) is 0 Å². The Balaban J connectivity index is 1.90. The van der Waals surface area contributed by atoms with Crippen molar-refractivity contribution in [1.82, 2.24) is 15.0 Å². The van der Waals surface area contributed by atoms with Crippen molar-refractivity contribution in [2.24, 2.45) is 0 Å². The molecule has 0 saturated carbocycles. The minimum Gasteiger partial charge on any atom is -0.361 e. The third kappa shape index (κ3) is 2.82. The molecule has 2 heterocycles. The summed E-state index contributed by atoms with van der Waals surface area (Å²) in [6, 6.07) is 10.4. The van der Waals surface area contributed by atoms with E-state index in [4.69, 9.17) is 4.98 Å². The monoisotopic (exact) mass is 294 g/mol. The number of rotatable bonds is 5. The third-order valence-corrected chi connectivity index (χ3v) is 3.92. The molecule has 1 N–H and O–H groups in total. The van der Waals surface area contributed by atoms with Crippen LogP contribution in [0.15, 0.2) is 42.7 Å². The number of para-hydroxylation sites is 1. The Bertz CT molecular complexity index is 760. The fourth-order valence-electron chi connectivity index (χ4n) is 2.64. The largest absolute Gasteiger partial charge is 0.361 e. The topological polar surface area (TPSA) is 44.8 Å². The van der Waals surface area contributed by atoms with Gasteiger partial charge in [0.05, 0.1) is 0 Å². The lowest BCUT2D eigenvalue weighted by Crippen LogP contribution is -2.23. The summed E-state index contributed by atoms with van der Waals surface area (Å²) in [5.74, 6) is 2.23. The average Bonchev–Trinajstić information content (AvgIpc) is 2.96. The highest BCUT2D eigenvalue weighted by Crippen LogP contribution is 2.22. The van der Waals surface area contributed by atoms with E-state index in [1.165, 1.54) is 16.5 Å². The number of H-pyrrole nitrogens is 1. The van der Waals surface area contributed by atoms with Crippen LogP contribution in [0.3, 0.4) is 0 Å². The molecule has 3 aromatic rings. The van der Waals surface area contributed by atoms with Gasteiger partial charge in [-0.3, -0.25) is 0 Å². The van der Waals surface area contributed by atoms with Gasteiger partial charge in [-0.25, -0.2) is 9.97 Å². The predicted molar refractivity (Wildman–Crippen MR) is 91.1 cm³/mol. The van der Waals surface area contributed by atoms with Gasteiger partial charge in [-0.05, 0) is 24.6 Å². The van der Waals surface area contributed by atoms with Crippen molar-refractivity contribution >= 4 is 16.7 Å². The van der Waals surface area contributed by atoms with Crippen molar-refractivity contribution in [2.45, 2.75) is 33.2 Å². The normalized spacial score (nSPS) is 11.3. The maximum Gasteiger partial charge on any atom is 0.133 e. The van der Waals surface area contributed by atoms with Gasteiger partial charge in [0.15, 0.2) is 0 Å². The fraction of sp³-hybridized carbons (Fsp3) is 0.333. The van der Waals surface area contributed by atoms with Crippen LogP contribution in [0.5, 0.6) is 0 Å². The molecular formula is C18H22N4. The zero-order valence-corrected chi connectivity index (χ0v) is 13.4. The minimum absolute atomic E-state index is 0.340. The van der Waals surface area contributed by atoms with Crippen LogP contribution in [-0.4, -0.2) is 21.5 Å². The van der Waals surface area contributed by atoms with Crippen LogP contribution in [0, 0.1) is 0 Å². The van der Waals surface area contributed by atoms with Gasteiger partial charge in [-0.1, -0.05) is 32.0 Å². The van der Waals surface area contributed by atoms with E-state index in [0.29, 0.717) is 5.92 Å². The summed E-state index contributed by atoms with van der Waals surface area (Å²) in [4.78, 5) is 14.7. The molecule has 0 aliphatic carbocycles. The average molecular weight is 294 g/mol. The van der Waals surface area contributed by atoms with Crippen LogP contribution >= 0.6 is 0 Å². The van der Waals surface area contributed by atoms with Crippen LogP contribution < -0.4 is 4.90 Å². The molecule has 4 heteroatoms. The smallest absolute Gasteiger partial charge is 0.133 e. The molecule has 3 rings (SSSR count). The molecule has 114 valence electrons. The quantitative estimate of drug-likeness (QED) is 0.770. The number of benzene rings is 1. The molecule has 0 amide bonds. The second kappa shape index (κ2) is 6.18. The van der Waals surface area contributed by atoms with E-state index in [0.717, 1.165) is 24.7 Å². The maximum absolute atomic E-state index is 4.71. The zero-order chi connectivity index (χ0) is 15.5. The molecule has 0 saturated heterocycles. The zero-order valence-electron chi connectivity index (χ0n) is 13.4. The first-order valence-corrected chi connectivity index (χ1v) is 7.82. The Morgan fingerprint density at radius 2 is 2.00 bits per heavy atom. The molecule has 2 aromatic heterocycles. The van der Waals surface area contributed by atoms with E-state index in [1.807, 2.05) is 12.3 Å². The van der Waals surface area contributed by atoms with Crippen molar-refractivity contribution in [3.8, 4) is 0 Å². The molecular weight excluding hydrogens is 272 g/mol. The first-order chi connectivity index (χ1) is 10.7. The van der Waals surface area contributed by atoms with Gasteiger partial charge in [-0.15, -0.1) is 0 Å². The summed E-state index contributed by atoms with van der Waals surface area (Å²) < 4.78 is 0. The SMILES string of the molecule is CCN(Cc1c[nH]c2ccccc12)c1ccnc(C(C)C)n1. The number of fused-ring (bicyclic) bond motifs is 1. The molecule has 0 atom stereocenters. The number of hydrogen-bond acceptors (Lipinski definition) is 3. The van der Waals surface area contributed by atoms with Gasteiger partial charge < -0.3 is 9.88 Å². The number of aromatic amines is 1. The van der Waals surface area contributed by atoms with Crippen molar-refractivity contribution < 1.29 is 0 Å². The van der Waals surface area contributed by atoms with Gasteiger partial charge >= 0.3 is 0 Å². The van der Waals surface area contributed by atoms with Crippen LogP contribution in [0.2, 0.25) is 0 Å². The third-order valence-electron chi connectivity index (χ3n) is 3.92. The molecule has 0 unspecified atom stereocenters. The second-order valence-electron chi connectivity index (χ2n) is 5.80. The highest BCUT2D eigenvalue weighted by molar-refractivity contribution is 5.83. The Morgan fingerprint density at radius 3 is 2.77 bits per heavy atom. The van der Waals surface area contributed by atoms with E-state index in [2.05, 4.69) is 66.1 Å². The van der Waals surface area contributed by atoms with E-state index in [9.17, 15) is 0 Å². The molecule has 0 spiro atoms. The summed E-state index contributed by atoms with van der Waals surface area (Å²) in [6.45, 7) is 8.15. The molecule has 22 heavy (non-hydrogen) atoms. The first-order valence-electron chi connectivity index (χ1n) is 7.82. The van der Waals surface area contributed by atoms with Gasteiger partial charge in [0.2, 0.25) is 0 Å². The minimum atomic E-state index is 0.340. The van der Waals surface area contributed by atoms with Gasteiger partial charge in [0.1, 0.15) is 11.6 Å². The number of aromatic nitrogens is 3. The molecule has 0 fully saturated rings. The van der Waals surface area contributed by atoms with Crippen molar-refractivity contribution in [1.29, 1.82) is 0 Å². The van der Waals surface area contributed by atoms with Crippen LogP contribution in [0.1, 0.15) is 38.1 Å². The highest BCUT2D eigenvalue weighted by atomic mass is 15.2. The van der Waals surface area contributed by atoms with Gasteiger partial charge in [-0.2, -0.15) is 0 Å². The number of nitrogens with zero attached hydrogens (tertiary/aromatic N) is 3. The van der Waals surface area contributed by atoms with E-state index in [1.54, 1.807) is 0 Å². The fourth-order valence-corrected chi connectivity index (χ4v) is 2.64. The molecule has 4 nitrogen and oxygen atoms in total. The molecule has 0 aliphatic rings. The van der Waals surface area contributed by atoms with Crippen LogP contribution in [-0.2, 0) is 6.54 Å². The van der Waals surface area contributed by atoms with Crippen LogP contribution in [0.4, 0.5) is 5.82 Å². The van der Waals surface area contributed by atoms with E-state index in [-0.39, 0.29) is 0 Å². The van der Waals surface area contributed by atoms with Crippen molar-refractivity contribution in [2.75, 3.05) is 11.4 Å². The Kier molecular flexibility index (Phi) is 4.09. The first kappa shape index (κ1) is 14.6. The second-order valence-corrected chi connectivity index (χ2v) is 5.80. The van der Waals surface area contributed by atoms with Gasteiger partial charge in [0, 0.05) is 42.3 Å². The number of nitrogens with one attached hydrogen (secondary N) is 1. The Hall–Kier alpha value is -2.36. The summed E-state index contributed by atoms with van der Waals surface area (Å²) in [5.41, 5.74) is 2.47. The molecule has 0 radical (unpaired) electrons. The summed E-state index contributed by atoms with van der Waals surface area (Å²) in [6.07, 6.45) is 3.95. The standard InChI is InChI=1S/C18H22N4/c1-4-22(17-9-10-19-18(21-17)13(2)3)12-14-11-20-16-8-6-5-7-15(14)16/h5-11,13,20H,4,12H2,1-3H3. The predicted octanol–water partition coefficient (Wildman–Crippen LogP) is 4.11. The molecule has 1 aromatic carbocycles. The number of hydrogen-bond donors (Lipinski definition) is 1. The lowest BCUT2D eigenvalue weighted by Gasteiger charge is -2.22. The lowest BCUT2D eigenvalue weighted by atomic mass is 10.1. The van der Waals surface area contributed by atoms with Crippen molar-refractivity contribution in [3.63, 3.8) is 0 Å². The maximum atomic E-state index is 4.71. The Labute approximate surface area is 131 Å². The summed E-state index contributed by atoms with van der Waals surface area (Å²) in [5, 5.41) is 1.28. The molecule has 0 aliphatic heterocycles.